The van der Waals surface area contributed by atoms with Gasteiger partial charge in [0.1, 0.15) is 24.1 Å². The van der Waals surface area contributed by atoms with E-state index >= 15 is 0 Å². The summed E-state index contributed by atoms with van der Waals surface area (Å²) in [6.07, 6.45) is -5.17. The van der Waals surface area contributed by atoms with E-state index in [-0.39, 0.29) is 24.9 Å². The first-order valence-electron chi connectivity index (χ1n) is 11.6. The number of aliphatic hydroxyl groups is 3. The number of nitrogens with one attached hydrogen (secondary N) is 3. The van der Waals surface area contributed by atoms with E-state index in [1.807, 2.05) is 19.1 Å². The van der Waals surface area contributed by atoms with Gasteiger partial charge in [0.2, 0.25) is 18.0 Å². The number of rotatable bonds is 6. The molecular weight excluding hydrogens is 446 g/mol. The number of methoxy groups -OCH3 is 1. The van der Waals surface area contributed by atoms with Crippen molar-refractivity contribution in [3.63, 3.8) is 0 Å². The minimum atomic E-state index is -2.02. The van der Waals surface area contributed by atoms with E-state index in [1.165, 1.54) is 7.11 Å². The lowest BCUT2D eigenvalue weighted by atomic mass is 9.79. The number of ether oxygens (including phenoxy) is 4. The lowest BCUT2D eigenvalue weighted by molar-refractivity contribution is -0.449. The van der Waals surface area contributed by atoms with Crippen LogP contribution in [0, 0.1) is 0 Å². The molecule has 4 rings (SSSR count). The van der Waals surface area contributed by atoms with Crippen molar-refractivity contribution in [2.75, 3.05) is 21.2 Å². The predicted molar refractivity (Wildman–Crippen MR) is 120 cm³/mol. The number of hydrogen-bond donors (Lipinski definition) is 6. The van der Waals surface area contributed by atoms with E-state index < -0.39 is 54.6 Å². The summed E-state index contributed by atoms with van der Waals surface area (Å²) in [5.74, 6) is -1.76. The number of fused-ring (bicyclic) bond motifs is 2. The highest BCUT2D eigenvalue weighted by Gasteiger charge is 2.63. The number of para-hydroxylation sites is 1. The van der Waals surface area contributed by atoms with E-state index in [4.69, 9.17) is 18.9 Å². The third kappa shape index (κ3) is 4.42. The Morgan fingerprint density at radius 3 is 2.50 bits per heavy atom. The Morgan fingerprint density at radius 1 is 1.12 bits per heavy atom. The SMILES string of the molecule is CN[C@@H]1[C@H](O)[C@H](NC)C2OC3(O)C(NC(=O)Cc4ccccc4OC)C[C@@H](C)OC3OC2[C@H]1O. The van der Waals surface area contributed by atoms with Crippen LogP contribution in [0.1, 0.15) is 18.9 Å². The van der Waals surface area contributed by atoms with E-state index in [9.17, 15) is 20.1 Å². The van der Waals surface area contributed by atoms with E-state index in [0.29, 0.717) is 11.3 Å². The van der Waals surface area contributed by atoms with Gasteiger partial charge in [-0.2, -0.15) is 0 Å². The molecule has 0 spiro atoms. The van der Waals surface area contributed by atoms with Gasteiger partial charge in [-0.15, -0.1) is 0 Å². The topological polar surface area (TPSA) is 151 Å². The second-order valence-corrected chi connectivity index (χ2v) is 9.17. The van der Waals surface area contributed by atoms with Crippen LogP contribution in [-0.4, -0.2) is 103 Å². The summed E-state index contributed by atoms with van der Waals surface area (Å²) in [5.41, 5.74) is 0.707. The molecule has 11 nitrogen and oxygen atoms in total. The molecule has 5 unspecified atom stereocenters. The lowest BCUT2D eigenvalue weighted by Crippen LogP contribution is -2.79. The van der Waals surface area contributed by atoms with Gasteiger partial charge >= 0.3 is 0 Å². The molecule has 1 aliphatic carbocycles. The first-order chi connectivity index (χ1) is 16.2. The van der Waals surface area contributed by atoms with Gasteiger partial charge in [0.15, 0.2) is 0 Å². The van der Waals surface area contributed by atoms with Crippen molar-refractivity contribution >= 4 is 5.91 Å². The molecule has 2 heterocycles. The Bertz CT molecular complexity index is 874. The van der Waals surface area contributed by atoms with E-state index in [2.05, 4.69) is 16.0 Å². The molecule has 3 fully saturated rings. The summed E-state index contributed by atoms with van der Waals surface area (Å²) in [5, 5.41) is 42.0. The highest BCUT2D eigenvalue weighted by atomic mass is 16.8. The smallest absolute Gasteiger partial charge is 0.239 e. The average Bonchev–Trinajstić information content (AvgIpc) is 2.80. The van der Waals surface area contributed by atoms with Gasteiger partial charge in [-0.25, -0.2) is 0 Å². The van der Waals surface area contributed by atoms with Crippen LogP contribution >= 0.6 is 0 Å². The van der Waals surface area contributed by atoms with Crippen LogP contribution in [0.2, 0.25) is 0 Å². The Balaban J connectivity index is 1.56. The minimum absolute atomic E-state index is 0.0455. The van der Waals surface area contributed by atoms with Crippen LogP contribution < -0.4 is 20.7 Å². The van der Waals surface area contributed by atoms with Gasteiger partial charge in [0, 0.05) is 5.56 Å². The standard InChI is InChI=1S/C23H35N3O8/c1-11-9-14(26-15(27)10-12-7-5-6-8-13(12)31-4)23(30)22(32-11)33-21-19(29)16(24-2)18(28)17(25-3)20(21)34-23/h5-8,11,14,16-22,24-25,28-30H,9-10H2,1-4H3,(H,26,27)/t11-,14?,16-,17+,18+,19+,20?,21?,22?,23?/m1/s1. The Hall–Kier alpha value is -1.83. The lowest BCUT2D eigenvalue weighted by Gasteiger charge is -2.58. The molecule has 2 aliphatic heterocycles. The molecular formula is C23H35N3O8. The van der Waals surface area contributed by atoms with E-state index in [1.54, 1.807) is 26.2 Å². The summed E-state index contributed by atoms with van der Waals surface area (Å²) >= 11 is 0. The molecule has 190 valence electrons. The molecule has 0 bridgehead atoms. The molecule has 6 N–H and O–H groups in total. The number of benzene rings is 1. The van der Waals surface area contributed by atoms with Crippen molar-refractivity contribution < 1.29 is 39.1 Å². The zero-order chi connectivity index (χ0) is 24.6. The number of amides is 1. The van der Waals surface area contributed by atoms with Crippen LogP contribution in [0.15, 0.2) is 24.3 Å². The van der Waals surface area contributed by atoms with Crippen molar-refractivity contribution in [3.8, 4) is 5.75 Å². The second kappa shape index (κ2) is 10.0. The van der Waals surface area contributed by atoms with Crippen molar-refractivity contribution in [1.82, 2.24) is 16.0 Å². The number of likely N-dealkylation sites (N-methyl/N-ethyl adjacent to an activating group) is 2. The maximum Gasteiger partial charge on any atom is 0.239 e. The Kier molecular flexibility index (Phi) is 7.46. The minimum Gasteiger partial charge on any atom is -0.496 e. The van der Waals surface area contributed by atoms with Gasteiger partial charge in [-0.3, -0.25) is 4.79 Å². The van der Waals surface area contributed by atoms with Crippen LogP contribution in [0.25, 0.3) is 0 Å². The summed E-state index contributed by atoms with van der Waals surface area (Å²) in [7, 11) is 4.83. The highest BCUT2D eigenvalue weighted by molar-refractivity contribution is 5.79. The fraction of sp³-hybridized carbons (Fsp3) is 0.696. The molecule has 10 atom stereocenters. The third-order valence-electron chi connectivity index (χ3n) is 7.03. The van der Waals surface area contributed by atoms with Crippen LogP contribution in [0.5, 0.6) is 5.75 Å². The normalized spacial score (nSPS) is 41.8. The monoisotopic (exact) mass is 481 g/mol. The molecule has 34 heavy (non-hydrogen) atoms. The summed E-state index contributed by atoms with van der Waals surface area (Å²) in [6, 6.07) is 5.04. The van der Waals surface area contributed by atoms with Crippen LogP contribution in [-0.2, 0) is 25.4 Å². The molecule has 1 aromatic carbocycles. The number of carbonyl (C=O) groups excluding carboxylic acids is 1. The Labute approximate surface area is 198 Å². The second-order valence-electron chi connectivity index (χ2n) is 9.17. The molecule has 3 aliphatic rings. The Morgan fingerprint density at radius 2 is 1.82 bits per heavy atom. The zero-order valence-electron chi connectivity index (χ0n) is 19.8. The average molecular weight is 482 g/mol. The van der Waals surface area contributed by atoms with Crippen LogP contribution in [0.4, 0.5) is 0 Å². The molecule has 1 amide bonds. The van der Waals surface area contributed by atoms with E-state index in [0.717, 1.165) is 0 Å². The van der Waals surface area contributed by atoms with Crippen molar-refractivity contribution in [2.45, 2.75) is 80.5 Å². The zero-order valence-corrected chi connectivity index (χ0v) is 19.8. The summed E-state index contributed by atoms with van der Waals surface area (Å²) < 4.78 is 23.3. The maximum atomic E-state index is 12.9. The number of hydrogen-bond acceptors (Lipinski definition) is 10. The molecule has 0 radical (unpaired) electrons. The van der Waals surface area contributed by atoms with Gasteiger partial charge in [0.05, 0.1) is 43.9 Å². The van der Waals surface area contributed by atoms with Crippen molar-refractivity contribution in [2.24, 2.45) is 0 Å². The largest absolute Gasteiger partial charge is 0.496 e. The quantitative estimate of drug-likeness (QED) is 0.276. The summed E-state index contributed by atoms with van der Waals surface area (Å²) in [4.78, 5) is 12.9. The third-order valence-corrected chi connectivity index (χ3v) is 7.03. The molecule has 1 saturated carbocycles. The van der Waals surface area contributed by atoms with Gasteiger partial charge < -0.3 is 50.2 Å². The fourth-order valence-electron chi connectivity index (χ4n) is 5.28. The first kappa shape index (κ1) is 25.3. The highest BCUT2D eigenvalue weighted by Crippen LogP contribution is 2.42. The first-order valence-corrected chi connectivity index (χ1v) is 11.6. The molecule has 2 saturated heterocycles. The van der Waals surface area contributed by atoms with Crippen molar-refractivity contribution in [1.29, 1.82) is 0 Å². The fourth-order valence-corrected chi connectivity index (χ4v) is 5.28. The summed E-state index contributed by atoms with van der Waals surface area (Å²) in [6.45, 7) is 1.81. The van der Waals surface area contributed by atoms with Crippen LogP contribution in [0.3, 0.4) is 0 Å². The van der Waals surface area contributed by atoms with Gasteiger partial charge in [-0.05, 0) is 33.5 Å². The number of carbonyl (C=O) groups is 1. The van der Waals surface area contributed by atoms with Gasteiger partial charge in [0.25, 0.3) is 0 Å². The maximum absolute atomic E-state index is 12.9. The molecule has 11 heteroatoms. The molecule has 0 aromatic heterocycles. The number of aliphatic hydroxyl groups excluding tert-OH is 2. The van der Waals surface area contributed by atoms with Gasteiger partial charge in [-0.1, -0.05) is 18.2 Å². The van der Waals surface area contributed by atoms with Crippen molar-refractivity contribution in [3.05, 3.63) is 29.8 Å². The molecule has 1 aromatic rings. The predicted octanol–water partition coefficient (Wildman–Crippen LogP) is -1.76.